The fourth-order valence-corrected chi connectivity index (χ4v) is 2.40. The van der Waals surface area contributed by atoms with Gasteiger partial charge in [-0.2, -0.15) is 0 Å². The van der Waals surface area contributed by atoms with E-state index in [9.17, 15) is 29.8 Å². The maximum atomic E-state index is 11.8. The van der Waals surface area contributed by atoms with Crippen LogP contribution in [0.2, 0.25) is 0 Å². The van der Waals surface area contributed by atoms with Crippen molar-refractivity contribution in [1.29, 1.82) is 0 Å². The summed E-state index contributed by atoms with van der Waals surface area (Å²) in [6.07, 6.45) is 0. The van der Waals surface area contributed by atoms with Crippen LogP contribution in [0.3, 0.4) is 0 Å². The summed E-state index contributed by atoms with van der Waals surface area (Å²) >= 11 is 0. The molecule has 23 heavy (non-hydrogen) atoms. The zero-order chi connectivity index (χ0) is 16.7. The maximum absolute atomic E-state index is 11.8. The highest BCUT2D eigenvalue weighted by Gasteiger charge is 2.28. The highest BCUT2D eigenvalue weighted by molar-refractivity contribution is 5.66. The lowest BCUT2D eigenvalue weighted by molar-refractivity contribution is -0.388. The fraction of sp³-hybridized carbons (Fsp3) is 0.167. The van der Waals surface area contributed by atoms with Gasteiger partial charge in [-0.3, -0.25) is 29.8 Å². The smallest absolute Gasteiger partial charge is 0.293 e. The van der Waals surface area contributed by atoms with Crippen LogP contribution in [0.5, 0.6) is 0 Å². The molecule has 11 nitrogen and oxygen atoms in total. The van der Waals surface area contributed by atoms with Crippen LogP contribution in [0.15, 0.2) is 39.9 Å². The standard InChI is InChI=1S/C12H9N5O6/c18-11-3-4-12(19)15-7-13(6-14(11)15)10-5-8(16(20)21)1-2-9(10)17(22)23/h1-5H,6-7H2. The molecule has 0 fully saturated rings. The number of aromatic nitrogens is 2. The van der Waals surface area contributed by atoms with Crippen molar-refractivity contribution in [2.24, 2.45) is 0 Å². The average Bonchev–Trinajstić information content (AvgIpc) is 2.96. The number of non-ortho nitro benzene ring substituents is 1. The van der Waals surface area contributed by atoms with Gasteiger partial charge in [0.15, 0.2) is 0 Å². The molecule has 0 bridgehead atoms. The van der Waals surface area contributed by atoms with E-state index in [1.165, 1.54) is 4.90 Å². The highest BCUT2D eigenvalue weighted by Crippen LogP contribution is 2.33. The Morgan fingerprint density at radius 3 is 1.91 bits per heavy atom. The molecule has 0 aliphatic carbocycles. The Morgan fingerprint density at radius 2 is 1.43 bits per heavy atom. The van der Waals surface area contributed by atoms with Crippen LogP contribution >= 0.6 is 0 Å². The van der Waals surface area contributed by atoms with Gasteiger partial charge in [0.05, 0.1) is 9.85 Å². The van der Waals surface area contributed by atoms with Crippen molar-refractivity contribution in [1.82, 2.24) is 9.36 Å². The summed E-state index contributed by atoms with van der Waals surface area (Å²) in [5.74, 6) is 0. The van der Waals surface area contributed by atoms with Gasteiger partial charge in [0.2, 0.25) is 0 Å². The zero-order valence-electron chi connectivity index (χ0n) is 11.5. The zero-order valence-corrected chi connectivity index (χ0v) is 11.5. The number of benzene rings is 1. The molecule has 0 spiro atoms. The number of anilines is 1. The van der Waals surface area contributed by atoms with Crippen LogP contribution in [0.1, 0.15) is 0 Å². The Bertz CT molecular complexity index is 907. The molecular formula is C12H9N5O6. The molecule has 0 saturated carbocycles. The van der Waals surface area contributed by atoms with Crippen LogP contribution in [0, 0.1) is 20.2 Å². The Morgan fingerprint density at radius 1 is 0.870 bits per heavy atom. The first-order valence-electron chi connectivity index (χ1n) is 6.37. The second kappa shape index (κ2) is 5.05. The molecule has 1 aromatic heterocycles. The first-order valence-corrected chi connectivity index (χ1v) is 6.37. The third-order valence-corrected chi connectivity index (χ3v) is 3.49. The van der Waals surface area contributed by atoms with Crippen molar-refractivity contribution in [3.8, 4) is 0 Å². The lowest BCUT2D eigenvalue weighted by Crippen LogP contribution is -2.32. The maximum Gasteiger partial charge on any atom is 0.293 e. The number of hydrogen-bond donors (Lipinski definition) is 0. The van der Waals surface area contributed by atoms with Gasteiger partial charge in [-0.05, 0) is 0 Å². The number of rotatable bonds is 3. The van der Waals surface area contributed by atoms with Crippen molar-refractivity contribution >= 4 is 17.1 Å². The summed E-state index contributed by atoms with van der Waals surface area (Å²) in [7, 11) is 0. The third-order valence-electron chi connectivity index (χ3n) is 3.49. The molecule has 0 N–H and O–H groups in total. The van der Waals surface area contributed by atoms with Crippen molar-refractivity contribution in [2.75, 3.05) is 4.90 Å². The molecule has 0 atom stereocenters. The largest absolute Gasteiger partial charge is 0.326 e. The normalized spacial score (nSPS) is 13.0. The molecule has 0 amide bonds. The van der Waals surface area contributed by atoms with Crippen LogP contribution in [0.25, 0.3) is 0 Å². The van der Waals surface area contributed by atoms with Crippen LogP contribution in [-0.4, -0.2) is 19.2 Å². The summed E-state index contributed by atoms with van der Waals surface area (Å²) in [6.45, 7) is -0.228. The summed E-state index contributed by atoms with van der Waals surface area (Å²) in [5.41, 5.74) is -1.58. The van der Waals surface area contributed by atoms with E-state index in [0.717, 1.165) is 39.7 Å². The van der Waals surface area contributed by atoms with Gasteiger partial charge in [-0.1, -0.05) is 0 Å². The molecule has 0 saturated heterocycles. The Hall–Kier alpha value is -3.50. The van der Waals surface area contributed by atoms with Crippen LogP contribution in [-0.2, 0) is 13.3 Å². The summed E-state index contributed by atoms with van der Waals surface area (Å²) < 4.78 is 2.23. The SMILES string of the molecule is O=c1ccc(=O)n2n1CN(c1cc([N+](=O)[O-])ccc1[N+](=O)[O-])C2. The molecular weight excluding hydrogens is 310 g/mol. The van der Waals surface area contributed by atoms with E-state index in [-0.39, 0.29) is 30.4 Å². The first-order chi connectivity index (χ1) is 10.9. The lowest BCUT2D eigenvalue weighted by Gasteiger charge is -2.15. The summed E-state index contributed by atoms with van der Waals surface area (Å²) in [5, 5.41) is 22.0. The van der Waals surface area contributed by atoms with E-state index in [2.05, 4.69) is 0 Å². The first kappa shape index (κ1) is 14.4. The van der Waals surface area contributed by atoms with Gasteiger partial charge in [-0.25, -0.2) is 9.36 Å². The van der Waals surface area contributed by atoms with Crippen molar-refractivity contribution in [2.45, 2.75) is 13.3 Å². The minimum absolute atomic E-state index is 0.0285. The number of nitro benzene ring substituents is 2. The molecule has 3 rings (SSSR count). The second-order valence-corrected chi connectivity index (χ2v) is 4.82. The van der Waals surface area contributed by atoms with E-state index >= 15 is 0 Å². The fourth-order valence-electron chi connectivity index (χ4n) is 2.40. The van der Waals surface area contributed by atoms with Crippen molar-refractivity contribution < 1.29 is 9.85 Å². The summed E-state index contributed by atoms with van der Waals surface area (Å²) in [4.78, 5) is 45.6. The van der Waals surface area contributed by atoms with E-state index in [1.54, 1.807) is 0 Å². The number of fused-ring (bicyclic) bond motifs is 1. The Kier molecular flexibility index (Phi) is 3.17. The van der Waals surface area contributed by atoms with E-state index < -0.39 is 21.0 Å². The molecule has 1 aromatic carbocycles. The van der Waals surface area contributed by atoms with Crippen LogP contribution in [0.4, 0.5) is 17.1 Å². The van der Waals surface area contributed by atoms with Gasteiger partial charge in [-0.15, -0.1) is 0 Å². The number of hydrogen-bond acceptors (Lipinski definition) is 7. The number of nitro groups is 2. The van der Waals surface area contributed by atoms with Crippen molar-refractivity contribution in [3.63, 3.8) is 0 Å². The van der Waals surface area contributed by atoms with E-state index in [4.69, 9.17) is 0 Å². The molecule has 1 aliphatic rings. The highest BCUT2D eigenvalue weighted by atomic mass is 16.6. The predicted octanol–water partition coefficient (Wildman–Crippen LogP) is 0.262. The molecule has 118 valence electrons. The number of nitrogens with zero attached hydrogens (tertiary/aromatic N) is 5. The Balaban J connectivity index is 2.12. The minimum atomic E-state index is -0.673. The van der Waals surface area contributed by atoms with Crippen LogP contribution < -0.4 is 16.0 Å². The molecule has 0 radical (unpaired) electrons. The molecule has 2 aromatic rings. The molecule has 2 heterocycles. The molecule has 1 aliphatic heterocycles. The average molecular weight is 319 g/mol. The van der Waals surface area contributed by atoms with E-state index in [0.29, 0.717) is 0 Å². The van der Waals surface area contributed by atoms with Gasteiger partial charge in [0.25, 0.3) is 22.5 Å². The second-order valence-electron chi connectivity index (χ2n) is 4.82. The minimum Gasteiger partial charge on any atom is -0.326 e. The monoisotopic (exact) mass is 319 g/mol. The molecule has 0 unspecified atom stereocenters. The van der Waals surface area contributed by atoms with Crippen molar-refractivity contribution in [3.05, 3.63) is 71.3 Å². The third kappa shape index (κ3) is 2.33. The predicted molar refractivity (Wildman–Crippen MR) is 77.2 cm³/mol. The lowest BCUT2D eigenvalue weighted by atomic mass is 10.2. The topological polar surface area (TPSA) is 134 Å². The Labute approximate surface area is 126 Å². The summed E-state index contributed by atoms with van der Waals surface area (Å²) in [6, 6.07) is 5.32. The van der Waals surface area contributed by atoms with Gasteiger partial charge >= 0.3 is 0 Å². The quantitative estimate of drug-likeness (QED) is 0.585. The van der Waals surface area contributed by atoms with E-state index in [1.807, 2.05) is 0 Å². The van der Waals surface area contributed by atoms with Gasteiger partial charge in [0, 0.05) is 30.3 Å². The molecule has 11 heteroatoms. The van der Waals surface area contributed by atoms with Gasteiger partial charge < -0.3 is 4.90 Å². The van der Waals surface area contributed by atoms with Gasteiger partial charge in [0.1, 0.15) is 19.0 Å².